The molecular formula is C20H29N3O. The van der Waals surface area contributed by atoms with Crippen molar-refractivity contribution in [1.29, 1.82) is 0 Å². The molecule has 0 fully saturated rings. The highest BCUT2D eigenvalue weighted by molar-refractivity contribution is 5.39. The van der Waals surface area contributed by atoms with E-state index in [9.17, 15) is 0 Å². The second-order valence-corrected chi connectivity index (χ2v) is 6.97. The molecule has 1 atom stereocenters. The summed E-state index contributed by atoms with van der Waals surface area (Å²) in [4.78, 5) is 2.98. The van der Waals surface area contributed by atoms with Crippen LogP contribution in [0.4, 0.5) is 0 Å². The molecule has 0 bridgehead atoms. The van der Waals surface area contributed by atoms with Crippen molar-refractivity contribution in [3.63, 3.8) is 0 Å². The molecule has 1 rings (SSSR count). The molecule has 0 heterocycles. The van der Waals surface area contributed by atoms with Crippen LogP contribution in [0, 0.1) is 5.41 Å². The van der Waals surface area contributed by atoms with Crippen molar-refractivity contribution in [2.75, 3.05) is 6.61 Å². The first kappa shape index (κ1) is 20.0. The Morgan fingerprint density at radius 2 is 2.04 bits per heavy atom. The first-order valence-electron chi connectivity index (χ1n) is 8.38. The van der Waals surface area contributed by atoms with Crippen molar-refractivity contribution in [1.82, 2.24) is 0 Å². The molecule has 0 aliphatic heterocycles. The van der Waals surface area contributed by atoms with Gasteiger partial charge in [0.15, 0.2) is 0 Å². The number of azide groups is 1. The Kier molecular flexibility index (Phi) is 7.76. The monoisotopic (exact) mass is 327 g/mol. The fourth-order valence-corrected chi connectivity index (χ4v) is 2.96. The molecule has 0 amide bonds. The third kappa shape index (κ3) is 5.88. The van der Waals surface area contributed by atoms with Gasteiger partial charge in [0.1, 0.15) is 0 Å². The van der Waals surface area contributed by atoms with E-state index in [1.54, 1.807) is 6.08 Å². The van der Waals surface area contributed by atoms with Crippen molar-refractivity contribution in [2.24, 2.45) is 10.5 Å². The first-order chi connectivity index (χ1) is 11.3. The summed E-state index contributed by atoms with van der Waals surface area (Å²) in [6.45, 7) is 10.6. The Balaban J connectivity index is 2.98. The lowest BCUT2D eigenvalue weighted by Gasteiger charge is -2.35. The predicted octanol–water partition coefficient (Wildman–Crippen LogP) is 5.80. The summed E-state index contributed by atoms with van der Waals surface area (Å²) < 4.78 is 0. The topological polar surface area (TPSA) is 69.0 Å². The largest absolute Gasteiger partial charge is 0.392 e. The lowest BCUT2D eigenvalue weighted by molar-refractivity contribution is 0.342. The molecule has 0 spiro atoms. The lowest BCUT2D eigenvalue weighted by Crippen LogP contribution is -2.26. The molecule has 4 nitrogen and oxygen atoms in total. The van der Waals surface area contributed by atoms with E-state index < -0.39 is 0 Å². The van der Waals surface area contributed by atoms with Gasteiger partial charge in [0, 0.05) is 4.91 Å². The second-order valence-electron chi connectivity index (χ2n) is 6.97. The highest BCUT2D eigenvalue weighted by Gasteiger charge is 2.31. The van der Waals surface area contributed by atoms with Gasteiger partial charge in [0.25, 0.3) is 0 Å². The summed E-state index contributed by atoms with van der Waals surface area (Å²) in [5, 5.41) is 12.8. The molecule has 1 N–H and O–H groups in total. The number of nitrogens with zero attached hydrogens (tertiary/aromatic N) is 3. The van der Waals surface area contributed by atoms with Crippen LogP contribution >= 0.6 is 0 Å². The molecule has 0 aromatic carbocycles. The van der Waals surface area contributed by atoms with E-state index in [4.69, 9.17) is 10.6 Å². The molecule has 1 aliphatic carbocycles. The van der Waals surface area contributed by atoms with Crippen LogP contribution in [0.5, 0.6) is 0 Å². The van der Waals surface area contributed by atoms with Crippen molar-refractivity contribution in [2.45, 2.75) is 53.5 Å². The average Bonchev–Trinajstić information content (AvgIpc) is 2.50. The van der Waals surface area contributed by atoms with Crippen LogP contribution in [0.25, 0.3) is 10.4 Å². The Morgan fingerprint density at radius 3 is 2.67 bits per heavy atom. The van der Waals surface area contributed by atoms with Gasteiger partial charge in [-0.1, -0.05) is 72.1 Å². The molecule has 0 saturated carbocycles. The smallest absolute Gasteiger partial charge is 0.0617 e. The van der Waals surface area contributed by atoms with Gasteiger partial charge in [-0.3, -0.25) is 0 Å². The average molecular weight is 327 g/mol. The van der Waals surface area contributed by atoms with Gasteiger partial charge in [-0.2, -0.15) is 0 Å². The van der Waals surface area contributed by atoms with E-state index in [1.807, 2.05) is 25.2 Å². The zero-order valence-electron chi connectivity index (χ0n) is 15.5. The number of aliphatic hydroxyl groups is 1. The van der Waals surface area contributed by atoms with E-state index in [1.165, 1.54) is 11.1 Å². The number of hydrogen-bond acceptors (Lipinski definition) is 2. The molecule has 0 radical (unpaired) electrons. The molecule has 0 aromatic rings. The van der Waals surface area contributed by atoms with Gasteiger partial charge < -0.3 is 5.11 Å². The summed E-state index contributed by atoms with van der Waals surface area (Å²) in [6, 6.07) is -0.0295. The van der Waals surface area contributed by atoms with Crippen LogP contribution in [0.1, 0.15) is 47.5 Å². The van der Waals surface area contributed by atoms with Gasteiger partial charge in [-0.05, 0) is 50.1 Å². The van der Waals surface area contributed by atoms with Gasteiger partial charge in [-0.25, -0.2) is 0 Å². The first-order valence-corrected chi connectivity index (χ1v) is 8.38. The standard InChI is InChI=1S/C20H29N3O/c1-15(7-6-8-16(2)12-14-24)9-10-18-17(3)19(22-23-21)11-13-20(18,4)5/h6-10,12,19,24H,11,13-14H2,1-5H3/b8-6+,10-9+,15-7+,16-12+. The minimum Gasteiger partial charge on any atom is -0.392 e. The molecule has 0 aromatic heterocycles. The molecule has 130 valence electrons. The minimum atomic E-state index is -0.0295. The Labute approximate surface area is 145 Å². The fraction of sp³-hybridized carbons (Fsp3) is 0.500. The molecule has 24 heavy (non-hydrogen) atoms. The summed E-state index contributed by atoms with van der Waals surface area (Å²) in [5.74, 6) is 0. The summed E-state index contributed by atoms with van der Waals surface area (Å²) in [6.07, 6.45) is 14.0. The van der Waals surface area contributed by atoms with Gasteiger partial charge in [0.2, 0.25) is 0 Å². The number of allylic oxidation sites excluding steroid dienone is 8. The summed E-state index contributed by atoms with van der Waals surface area (Å²) >= 11 is 0. The zero-order valence-corrected chi connectivity index (χ0v) is 15.5. The van der Waals surface area contributed by atoms with E-state index in [-0.39, 0.29) is 18.1 Å². The second kappa shape index (κ2) is 9.31. The van der Waals surface area contributed by atoms with Crippen molar-refractivity contribution in [3.05, 3.63) is 69.2 Å². The quantitative estimate of drug-likeness (QED) is 0.285. The zero-order chi connectivity index (χ0) is 18.2. The molecular weight excluding hydrogens is 298 g/mol. The number of aliphatic hydroxyl groups excluding tert-OH is 1. The maximum absolute atomic E-state index is 8.84. The highest BCUT2D eigenvalue weighted by atomic mass is 16.2. The summed E-state index contributed by atoms with van der Waals surface area (Å²) in [5.41, 5.74) is 13.4. The minimum absolute atomic E-state index is 0.0295. The molecule has 1 unspecified atom stereocenters. The molecule has 1 aliphatic rings. The third-order valence-corrected chi connectivity index (χ3v) is 4.53. The fourth-order valence-electron chi connectivity index (χ4n) is 2.96. The maximum atomic E-state index is 8.84. The van der Waals surface area contributed by atoms with E-state index in [0.29, 0.717) is 0 Å². The van der Waals surface area contributed by atoms with Crippen LogP contribution in [0.15, 0.2) is 63.9 Å². The van der Waals surface area contributed by atoms with Crippen LogP contribution in [0.3, 0.4) is 0 Å². The van der Waals surface area contributed by atoms with Crippen molar-refractivity contribution in [3.8, 4) is 0 Å². The van der Waals surface area contributed by atoms with E-state index >= 15 is 0 Å². The van der Waals surface area contributed by atoms with Gasteiger partial charge in [0.05, 0.1) is 12.6 Å². The van der Waals surface area contributed by atoms with Gasteiger partial charge >= 0.3 is 0 Å². The summed E-state index contributed by atoms with van der Waals surface area (Å²) in [7, 11) is 0. The Bertz CT molecular complexity index is 642. The van der Waals surface area contributed by atoms with Gasteiger partial charge in [-0.15, -0.1) is 0 Å². The third-order valence-electron chi connectivity index (χ3n) is 4.53. The SMILES string of the molecule is CC1=C(/C=C/C(C)=C/C=C/C(C)=C/CO)C(C)(C)CCC1N=[N+]=[N-]. The number of rotatable bonds is 6. The van der Waals surface area contributed by atoms with Crippen LogP contribution in [-0.4, -0.2) is 17.8 Å². The van der Waals surface area contributed by atoms with Crippen molar-refractivity contribution < 1.29 is 5.11 Å². The Morgan fingerprint density at radius 1 is 1.33 bits per heavy atom. The Hall–Kier alpha value is -2.03. The van der Waals surface area contributed by atoms with E-state index in [0.717, 1.165) is 24.0 Å². The molecule has 0 saturated heterocycles. The van der Waals surface area contributed by atoms with Crippen molar-refractivity contribution >= 4 is 0 Å². The predicted molar refractivity (Wildman–Crippen MR) is 102 cm³/mol. The normalized spacial score (nSPS) is 22.3. The van der Waals surface area contributed by atoms with Crippen LogP contribution in [-0.2, 0) is 0 Å². The highest BCUT2D eigenvalue weighted by Crippen LogP contribution is 2.42. The number of hydrogen-bond donors (Lipinski definition) is 1. The lowest BCUT2D eigenvalue weighted by atomic mass is 9.71. The van der Waals surface area contributed by atoms with Crippen LogP contribution < -0.4 is 0 Å². The van der Waals surface area contributed by atoms with E-state index in [2.05, 4.69) is 49.9 Å². The maximum Gasteiger partial charge on any atom is 0.0617 e. The van der Waals surface area contributed by atoms with Crippen LogP contribution in [0.2, 0.25) is 0 Å². The molecule has 4 heteroatoms.